The number of rotatable bonds is 1. The summed E-state index contributed by atoms with van der Waals surface area (Å²) >= 11 is 0. The summed E-state index contributed by atoms with van der Waals surface area (Å²) in [7, 11) is 0. The third kappa shape index (κ3) is 1.21. The van der Waals surface area contributed by atoms with Crippen LogP contribution in [0.25, 0.3) is 10.9 Å². The molecule has 0 radical (unpaired) electrons. The molecule has 0 atom stereocenters. The van der Waals surface area contributed by atoms with E-state index in [0.29, 0.717) is 5.69 Å². The molecule has 0 amide bonds. The third-order valence-electron chi connectivity index (χ3n) is 2.12. The highest BCUT2D eigenvalue weighted by molar-refractivity contribution is 5.92. The minimum absolute atomic E-state index is 0.0492. The number of hydrogen-bond acceptors (Lipinski definition) is 3. The maximum absolute atomic E-state index is 11.2. The van der Waals surface area contributed by atoms with Gasteiger partial charge in [0.2, 0.25) is 5.91 Å². The molecule has 70 valence electrons. The largest absolute Gasteiger partial charge is 0.287 e. The van der Waals surface area contributed by atoms with E-state index >= 15 is 0 Å². The molecule has 0 bridgehead atoms. The molecular formula is C10H8N2O2. The fourth-order valence-corrected chi connectivity index (χ4v) is 1.46. The van der Waals surface area contributed by atoms with Crippen molar-refractivity contribution in [3.8, 4) is 0 Å². The van der Waals surface area contributed by atoms with Crippen LogP contribution in [0.4, 0.5) is 5.69 Å². The van der Waals surface area contributed by atoms with E-state index in [1.807, 2.05) is 0 Å². The molecule has 4 nitrogen and oxygen atoms in total. The molecule has 0 saturated carbocycles. The lowest BCUT2D eigenvalue weighted by Gasteiger charge is -1.98. The molecule has 1 heterocycles. The molecule has 0 unspecified atom stereocenters. The van der Waals surface area contributed by atoms with E-state index in [-0.39, 0.29) is 5.91 Å². The van der Waals surface area contributed by atoms with E-state index in [0.717, 1.165) is 10.9 Å². The normalized spacial score (nSPS) is 10.4. The van der Waals surface area contributed by atoms with Crippen molar-refractivity contribution in [1.29, 1.82) is 0 Å². The second-order valence-corrected chi connectivity index (χ2v) is 3.04. The van der Waals surface area contributed by atoms with Gasteiger partial charge in [0, 0.05) is 18.5 Å². The zero-order valence-corrected chi connectivity index (χ0v) is 7.60. The second kappa shape index (κ2) is 3.06. The van der Waals surface area contributed by atoms with Crippen LogP contribution >= 0.6 is 0 Å². The quantitative estimate of drug-likeness (QED) is 0.646. The highest BCUT2D eigenvalue weighted by atomic mass is 16.3. The topological polar surface area (TPSA) is 51.4 Å². The average Bonchev–Trinajstić information content (AvgIpc) is 2.59. The molecule has 1 aromatic carbocycles. The number of benzene rings is 1. The summed E-state index contributed by atoms with van der Waals surface area (Å²) in [5.41, 5.74) is 1.17. The maximum atomic E-state index is 11.2. The maximum Gasteiger partial charge on any atom is 0.227 e. The number of carbonyl (C=O) groups excluding carboxylic acids is 1. The molecule has 0 fully saturated rings. The van der Waals surface area contributed by atoms with Crippen LogP contribution in [0.3, 0.4) is 0 Å². The number of aromatic nitrogens is 1. The van der Waals surface area contributed by atoms with Crippen LogP contribution in [0, 0.1) is 4.91 Å². The van der Waals surface area contributed by atoms with E-state index in [1.54, 1.807) is 30.5 Å². The van der Waals surface area contributed by atoms with Gasteiger partial charge in [-0.15, -0.1) is 4.91 Å². The molecule has 14 heavy (non-hydrogen) atoms. The van der Waals surface area contributed by atoms with E-state index < -0.39 is 0 Å². The monoisotopic (exact) mass is 188 g/mol. The van der Waals surface area contributed by atoms with Crippen molar-refractivity contribution in [3.05, 3.63) is 35.4 Å². The highest BCUT2D eigenvalue weighted by Gasteiger charge is 2.04. The van der Waals surface area contributed by atoms with Crippen molar-refractivity contribution in [2.45, 2.75) is 6.92 Å². The molecule has 1 aromatic heterocycles. The Kier molecular flexibility index (Phi) is 1.89. The number of nitrogens with zero attached hydrogens (tertiary/aromatic N) is 2. The average molecular weight is 188 g/mol. The third-order valence-corrected chi connectivity index (χ3v) is 2.12. The Labute approximate surface area is 80.1 Å². The molecule has 0 aliphatic rings. The minimum Gasteiger partial charge on any atom is -0.287 e. The fraction of sp³-hybridized carbons (Fsp3) is 0.100. The Hall–Kier alpha value is -1.97. The first kappa shape index (κ1) is 8.62. The Morgan fingerprint density at radius 3 is 2.79 bits per heavy atom. The van der Waals surface area contributed by atoms with E-state index in [9.17, 15) is 9.70 Å². The number of hydrogen-bond donors (Lipinski definition) is 0. The minimum atomic E-state index is -0.0492. The summed E-state index contributed by atoms with van der Waals surface area (Å²) < 4.78 is 1.53. The van der Waals surface area contributed by atoms with Crippen LogP contribution in [-0.4, -0.2) is 10.5 Å². The lowest BCUT2D eigenvalue weighted by atomic mass is 10.2. The molecule has 0 aliphatic carbocycles. The summed E-state index contributed by atoms with van der Waals surface area (Å²) in [5.74, 6) is -0.0492. The predicted molar refractivity (Wildman–Crippen MR) is 53.7 cm³/mol. The first-order valence-electron chi connectivity index (χ1n) is 4.18. The van der Waals surface area contributed by atoms with Crippen molar-refractivity contribution in [3.63, 3.8) is 0 Å². The van der Waals surface area contributed by atoms with Crippen LogP contribution in [0.15, 0.2) is 35.6 Å². The van der Waals surface area contributed by atoms with Crippen LogP contribution in [-0.2, 0) is 0 Å². The zero-order valence-electron chi connectivity index (χ0n) is 7.60. The Morgan fingerprint density at radius 1 is 1.36 bits per heavy atom. The molecular weight excluding hydrogens is 180 g/mol. The van der Waals surface area contributed by atoms with Gasteiger partial charge in [-0.25, -0.2) is 0 Å². The molecule has 0 saturated heterocycles. The Morgan fingerprint density at radius 2 is 2.14 bits per heavy atom. The standard InChI is InChI=1S/C10H8N2O2/c1-7(13)12-5-4-8-6-9(11-14)2-3-10(8)12/h2-6H,1H3. The van der Waals surface area contributed by atoms with E-state index in [2.05, 4.69) is 5.18 Å². The summed E-state index contributed by atoms with van der Waals surface area (Å²) in [6, 6.07) is 6.75. The van der Waals surface area contributed by atoms with Gasteiger partial charge in [-0.05, 0) is 29.4 Å². The summed E-state index contributed by atoms with van der Waals surface area (Å²) in [4.78, 5) is 21.4. The van der Waals surface area contributed by atoms with Gasteiger partial charge in [0.25, 0.3) is 0 Å². The van der Waals surface area contributed by atoms with Crippen LogP contribution in [0.1, 0.15) is 11.7 Å². The van der Waals surface area contributed by atoms with Gasteiger partial charge in [0.05, 0.1) is 5.52 Å². The lowest BCUT2D eigenvalue weighted by molar-refractivity contribution is 0.0941. The molecule has 0 aliphatic heterocycles. The zero-order chi connectivity index (χ0) is 10.1. The Balaban J connectivity index is 2.71. The summed E-state index contributed by atoms with van der Waals surface area (Å²) in [6.07, 6.45) is 1.68. The first-order valence-corrected chi connectivity index (χ1v) is 4.18. The van der Waals surface area contributed by atoms with Gasteiger partial charge in [-0.1, -0.05) is 0 Å². The molecule has 2 aromatic rings. The van der Waals surface area contributed by atoms with Crippen LogP contribution in [0.5, 0.6) is 0 Å². The highest BCUT2D eigenvalue weighted by Crippen LogP contribution is 2.21. The smallest absolute Gasteiger partial charge is 0.227 e. The molecule has 2 rings (SSSR count). The molecule has 0 N–H and O–H groups in total. The predicted octanol–water partition coefficient (Wildman–Crippen LogP) is 2.70. The molecule has 4 heteroatoms. The van der Waals surface area contributed by atoms with Gasteiger partial charge in [-0.3, -0.25) is 9.36 Å². The van der Waals surface area contributed by atoms with Gasteiger partial charge >= 0.3 is 0 Å². The molecule has 0 spiro atoms. The summed E-state index contributed by atoms with van der Waals surface area (Å²) in [6.45, 7) is 1.49. The Bertz CT molecular complexity index is 514. The summed E-state index contributed by atoms with van der Waals surface area (Å²) in [5, 5.41) is 3.68. The van der Waals surface area contributed by atoms with Crippen molar-refractivity contribution in [2.75, 3.05) is 0 Å². The fourth-order valence-electron chi connectivity index (χ4n) is 1.46. The van der Waals surface area contributed by atoms with Crippen LogP contribution in [0.2, 0.25) is 0 Å². The SMILES string of the molecule is CC(=O)n1ccc2cc(N=O)ccc21. The van der Waals surface area contributed by atoms with Gasteiger partial charge < -0.3 is 0 Å². The second-order valence-electron chi connectivity index (χ2n) is 3.04. The van der Waals surface area contributed by atoms with Gasteiger partial charge in [0.1, 0.15) is 5.69 Å². The van der Waals surface area contributed by atoms with E-state index in [4.69, 9.17) is 0 Å². The van der Waals surface area contributed by atoms with Crippen molar-refractivity contribution in [2.24, 2.45) is 5.18 Å². The van der Waals surface area contributed by atoms with Crippen molar-refractivity contribution < 1.29 is 4.79 Å². The number of fused-ring (bicyclic) bond motifs is 1. The number of carbonyl (C=O) groups is 1. The van der Waals surface area contributed by atoms with Crippen LogP contribution < -0.4 is 0 Å². The van der Waals surface area contributed by atoms with E-state index in [1.165, 1.54) is 11.5 Å². The van der Waals surface area contributed by atoms with Gasteiger partial charge in [-0.2, -0.15) is 0 Å². The van der Waals surface area contributed by atoms with Crippen molar-refractivity contribution >= 4 is 22.5 Å². The van der Waals surface area contributed by atoms with Crippen molar-refractivity contribution in [1.82, 2.24) is 4.57 Å². The lowest BCUT2D eigenvalue weighted by Crippen LogP contribution is -2.02. The number of nitroso groups, excluding NO2 is 1. The first-order chi connectivity index (χ1) is 6.72. The van der Waals surface area contributed by atoms with Gasteiger partial charge in [0.15, 0.2) is 0 Å².